The van der Waals surface area contributed by atoms with Gasteiger partial charge in [0.05, 0.1) is 0 Å². The Kier molecular flexibility index (Phi) is 50.9. The zero-order chi connectivity index (χ0) is 47.9. The van der Waals surface area contributed by atoms with Gasteiger partial charge in [0.1, 0.15) is 13.2 Å². The number of hydrogen-bond acceptors (Lipinski definition) is 6. The van der Waals surface area contributed by atoms with Gasteiger partial charge < -0.3 is 14.2 Å². The van der Waals surface area contributed by atoms with Crippen LogP contribution >= 0.6 is 0 Å². The summed E-state index contributed by atoms with van der Waals surface area (Å²) in [5, 5.41) is 0. The molecule has 0 saturated carbocycles. The van der Waals surface area contributed by atoms with Crippen molar-refractivity contribution in [2.24, 2.45) is 0 Å². The Hall–Kier alpha value is -3.67. The minimum atomic E-state index is -0.809. The third-order valence-electron chi connectivity index (χ3n) is 11.3. The van der Waals surface area contributed by atoms with Crippen LogP contribution in [0, 0.1) is 0 Å². The van der Waals surface area contributed by atoms with E-state index in [0.29, 0.717) is 19.3 Å². The lowest BCUT2D eigenvalue weighted by Gasteiger charge is -2.18. The Labute approximate surface area is 407 Å². The Morgan fingerprint density at radius 1 is 0.318 bits per heavy atom. The van der Waals surface area contributed by atoms with Crippen molar-refractivity contribution < 1.29 is 28.6 Å². The SMILES string of the molecule is CC/C=C\C/C=C\C/C=C\C/C=C\C/C=C\CCCC(=O)OC[C@@H](COC(=O)CCCCCCC/C=C\CCCCCCC)OC(=O)CCCCCCCCC/C=C\C/C=C\CCCCC. The monoisotopic (exact) mass is 917 g/mol. The summed E-state index contributed by atoms with van der Waals surface area (Å²) in [4.78, 5) is 38.1. The molecule has 66 heavy (non-hydrogen) atoms. The standard InChI is InChI=1S/C60H100O6/c1-4-7-10-13-16-19-22-25-28-30-32-35-38-41-44-47-50-53-59(62)65-56-57(55-64-58(61)52-49-46-43-40-37-34-27-24-21-18-15-12-9-6-3)66-60(63)54-51-48-45-42-39-36-33-31-29-26-23-20-17-14-11-8-5-2/h7,10,16-17,19-20,24-29,32,35,41,44,57H,4-6,8-9,11-15,18,21-23,30-31,33-34,36-40,42-43,45-56H2,1-3H3/b10-7-,19-16-,20-17-,27-24-,28-25-,29-26-,35-32-,44-41-/t57-/m1/s1. The average Bonchev–Trinajstić information content (AvgIpc) is 3.31. The van der Waals surface area contributed by atoms with Gasteiger partial charge in [0.2, 0.25) is 0 Å². The summed E-state index contributed by atoms with van der Waals surface area (Å²) in [5.74, 6) is -0.980. The highest BCUT2D eigenvalue weighted by Crippen LogP contribution is 2.14. The number of rotatable bonds is 48. The number of esters is 3. The molecule has 0 N–H and O–H groups in total. The third-order valence-corrected chi connectivity index (χ3v) is 11.3. The number of unbranched alkanes of at least 4 members (excludes halogenated alkanes) is 21. The maximum Gasteiger partial charge on any atom is 0.306 e. The van der Waals surface area contributed by atoms with Crippen molar-refractivity contribution in [2.45, 2.75) is 252 Å². The van der Waals surface area contributed by atoms with Gasteiger partial charge in [-0.25, -0.2) is 0 Å². The first-order valence-electron chi connectivity index (χ1n) is 27.2. The molecule has 0 aliphatic carbocycles. The molecule has 0 rings (SSSR count). The second-order valence-corrected chi connectivity index (χ2v) is 17.7. The van der Waals surface area contributed by atoms with E-state index in [0.717, 1.165) is 103 Å². The molecular formula is C60H100O6. The van der Waals surface area contributed by atoms with E-state index in [4.69, 9.17) is 14.2 Å². The van der Waals surface area contributed by atoms with Gasteiger partial charge in [-0.3, -0.25) is 14.4 Å². The summed E-state index contributed by atoms with van der Waals surface area (Å²) in [5.41, 5.74) is 0. The van der Waals surface area contributed by atoms with Crippen LogP contribution in [0.3, 0.4) is 0 Å². The van der Waals surface area contributed by atoms with Gasteiger partial charge in [-0.05, 0) is 116 Å². The lowest BCUT2D eigenvalue weighted by molar-refractivity contribution is -0.167. The van der Waals surface area contributed by atoms with Crippen molar-refractivity contribution >= 4 is 17.9 Å². The molecule has 6 nitrogen and oxygen atoms in total. The fraction of sp³-hybridized carbons (Fsp3) is 0.683. The molecule has 0 spiro atoms. The van der Waals surface area contributed by atoms with E-state index in [9.17, 15) is 14.4 Å². The zero-order valence-corrected chi connectivity index (χ0v) is 42.9. The highest BCUT2D eigenvalue weighted by atomic mass is 16.6. The van der Waals surface area contributed by atoms with Crippen molar-refractivity contribution in [1.29, 1.82) is 0 Å². The van der Waals surface area contributed by atoms with E-state index in [1.54, 1.807) is 0 Å². The number of ether oxygens (including phenoxy) is 3. The van der Waals surface area contributed by atoms with Crippen LogP contribution in [0.5, 0.6) is 0 Å². The van der Waals surface area contributed by atoms with E-state index in [1.807, 2.05) is 0 Å². The first-order valence-corrected chi connectivity index (χ1v) is 27.2. The molecule has 0 unspecified atom stereocenters. The molecule has 0 aromatic rings. The Bertz CT molecular complexity index is 1330. The fourth-order valence-electron chi connectivity index (χ4n) is 7.21. The molecule has 0 radical (unpaired) electrons. The first kappa shape index (κ1) is 62.3. The minimum absolute atomic E-state index is 0.103. The summed E-state index contributed by atoms with van der Waals surface area (Å²) < 4.78 is 16.8. The van der Waals surface area contributed by atoms with Crippen LogP contribution in [0.15, 0.2) is 97.2 Å². The molecule has 0 aromatic carbocycles. The van der Waals surface area contributed by atoms with Gasteiger partial charge >= 0.3 is 17.9 Å². The Morgan fingerprint density at radius 2 is 0.606 bits per heavy atom. The normalized spacial score (nSPS) is 12.8. The summed E-state index contributed by atoms with van der Waals surface area (Å²) in [6, 6.07) is 0. The summed E-state index contributed by atoms with van der Waals surface area (Å²) >= 11 is 0. The molecule has 0 bridgehead atoms. The minimum Gasteiger partial charge on any atom is -0.462 e. The van der Waals surface area contributed by atoms with Crippen molar-refractivity contribution in [3.05, 3.63) is 97.2 Å². The van der Waals surface area contributed by atoms with E-state index >= 15 is 0 Å². The predicted molar refractivity (Wildman–Crippen MR) is 284 cm³/mol. The van der Waals surface area contributed by atoms with Crippen LogP contribution < -0.4 is 0 Å². The van der Waals surface area contributed by atoms with Crippen molar-refractivity contribution in [1.82, 2.24) is 0 Å². The number of carbonyl (C=O) groups excluding carboxylic acids is 3. The second-order valence-electron chi connectivity index (χ2n) is 17.7. The van der Waals surface area contributed by atoms with E-state index in [2.05, 4.69) is 118 Å². The molecule has 0 fully saturated rings. The van der Waals surface area contributed by atoms with Crippen LogP contribution in [-0.2, 0) is 28.6 Å². The first-order chi connectivity index (χ1) is 32.5. The molecule has 0 aliphatic rings. The number of carbonyl (C=O) groups is 3. The molecule has 0 amide bonds. The Morgan fingerprint density at radius 3 is 1.03 bits per heavy atom. The molecular weight excluding hydrogens is 817 g/mol. The van der Waals surface area contributed by atoms with Gasteiger partial charge in [0, 0.05) is 19.3 Å². The number of allylic oxidation sites excluding steroid dienone is 16. The third kappa shape index (κ3) is 51.3. The molecule has 0 aromatic heterocycles. The van der Waals surface area contributed by atoms with Crippen LogP contribution in [0.1, 0.15) is 245 Å². The van der Waals surface area contributed by atoms with Crippen LogP contribution in [0.25, 0.3) is 0 Å². The highest BCUT2D eigenvalue weighted by molar-refractivity contribution is 5.71. The lowest BCUT2D eigenvalue weighted by Crippen LogP contribution is -2.30. The van der Waals surface area contributed by atoms with E-state index in [-0.39, 0.29) is 37.5 Å². The predicted octanol–water partition coefficient (Wildman–Crippen LogP) is 18.1. The smallest absolute Gasteiger partial charge is 0.306 e. The summed E-state index contributed by atoms with van der Waals surface area (Å²) in [6.07, 6.45) is 71.1. The van der Waals surface area contributed by atoms with Crippen LogP contribution in [0.4, 0.5) is 0 Å². The average molecular weight is 917 g/mol. The largest absolute Gasteiger partial charge is 0.462 e. The van der Waals surface area contributed by atoms with Crippen molar-refractivity contribution in [3.8, 4) is 0 Å². The number of hydrogen-bond donors (Lipinski definition) is 0. The quantitative estimate of drug-likeness (QED) is 0.0262. The maximum absolute atomic E-state index is 12.8. The summed E-state index contributed by atoms with van der Waals surface area (Å²) in [6.45, 7) is 6.43. The Balaban J connectivity index is 4.51. The summed E-state index contributed by atoms with van der Waals surface area (Å²) in [7, 11) is 0. The second kappa shape index (κ2) is 53.9. The van der Waals surface area contributed by atoms with Gasteiger partial charge in [0.15, 0.2) is 6.10 Å². The van der Waals surface area contributed by atoms with Gasteiger partial charge in [-0.15, -0.1) is 0 Å². The molecule has 0 aliphatic heterocycles. The van der Waals surface area contributed by atoms with Crippen molar-refractivity contribution in [3.63, 3.8) is 0 Å². The van der Waals surface area contributed by atoms with E-state index < -0.39 is 6.10 Å². The van der Waals surface area contributed by atoms with Gasteiger partial charge in [-0.1, -0.05) is 208 Å². The van der Waals surface area contributed by atoms with Gasteiger partial charge in [0.25, 0.3) is 0 Å². The molecule has 376 valence electrons. The van der Waals surface area contributed by atoms with Crippen LogP contribution in [-0.4, -0.2) is 37.2 Å². The maximum atomic E-state index is 12.8. The fourth-order valence-corrected chi connectivity index (χ4v) is 7.21. The zero-order valence-electron chi connectivity index (χ0n) is 42.9. The molecule has 6 heteroatoms. The lowest BCUT2D eigenvalue weighted by atomic mass is 10.1. The van der Waals surface area contributed by atoms with Crippen LogP contribution in [0.2, 0.25) is 0 Å². The van der Waals surface area contributed by atoms with E-state index in [1.165, 1.54) is 96.3 Å². The highest BCUT2D eigenvalue weighted by Gasteiger charge is 2.19. The molecule has 1 atom stereocenters. The molecule has 0 saturated heterocycles. The molecule has 0 heterocycles. The van der Waals surface area contributed by atoms with Gasteiger partial charge in [-0.2, -0.15) is 0 Å². The van der Waals surface area contributed by atoms with Crippen molar-refractivity contribution in [2.75, 3.05) is 13.2 Å². The topological polar surface area (TPSA) is 78.9 Å².